The van der Waals surface area contributed by atoms with Gasteiger partial charge in [0.2, 0.25) is 17.7 Å². The van der Waals surface area contributed by atoms with Crippen molar-refractivity contribution in [2.45, 2.75) is 57.3 Å². The number of aliphatic hydroxyl groups excluding tert-OH is 1. The minimum absolute atomic E-state index is 0.0188. The molecule has 4 rings (SSSR count). The molecule has 8 heteroatoms. The highest BCUT2D eigenvalue weighted by Gasteiger charge is 2.78. The van der Waals surface area contributed by atoms with Gasteiger partial charge in [0.15, 0.2) is 0 Å². The number of carbonyl (C=O) groups is 3. The molecule has 3 aliphatic rings. The van der Waals surface area contributed by atoms with E-state index >= 15 is 0 Å². The van der Waals surface area contributed by atoms with E-state index in [1.807, 2.05) is 39.0 Å². The van der Waals surface area contributed by atoms with Crippen LogP contribution in [0.5, 0.6) is 0 Å². The molecule has 31 heavy (non-hydrogen) atoms. The van der Waals surface area contributed by atoms with E-state index in [-0.39, 0.29) is 30.9 Å². The number of nitrogens with one attached hydrogen (secondary N) is 2. The van der Waals surface area contributed by atoms with Crippen LogP contribution in [0.25, 0.3) is 0 Å². The molecule has 0 radical (unpaired) electrons. The van der Waals surface area contributed by atoms with E-state index in [1.54, 1.807) is 7.05 Å². The summed E-state index contributed by atoms with van der Waals surface area (Å²) in [5.41, 5.74) is 0.789. The minimum atomic E-state index is -1.07. The van der Waals surface area contributed by atoms with E-state index < -0.39 is 29.1 Å². The molecular weight excluding hydrogens is 398 g/mol. The number of likely N-dealkylation sites (tertiary alicyclic amines) is 1. The normalized spacial score (nSPS) is 33.5. The maximum Gasteiger partial charge on any atom is 0.250 e. The van der Waals surface area contributed by atoms with Crippen LogP contribution >= 0.6 is 0 Å². The molecule has 3 fully saturated rings. The molecule has 2 unspecified atom stereocenters. The molecule has 168 valence electrons. The number of anilines is 1. The summed E-state index contributed by atoms with van der Waals surface area (Å²) in [6, 6.07) is 4.89. The van der Waals surface area contributed by atoms with E-state index in [2.05, 4.69) is 10.6 Å². The van der Waals surface area contributed by atoms with Gasteiger partial charge in [-0.3, -0.25) is 14.4 Å². The molecule has 1 aromatic rings. The predicted molar refractivity (Wildman–Crippen MR) is 114 cm³/mol. The van der Waals surface area contributed by atoms with E-state index in [1.165, 1.54) is 4.90 Å². The monoisotopic (exact) mass is 429 g/mol. The molecule has 3 N–H and O–H groups in total. The number of hydrogen-bond donors (Lipinski definition) is 3. The van der Waals surface area contributed by atoms with Crippen molar-refractivity contribution >= 4 is 23.4 Å². The van der Waals surface area contributed by atoms with Gasteiger partial charge in [-0.2, -0.15) is 0 Å². The van der Waals surface area contributed by atoms with Crippen LogP contribution in [0.4, 0.5) is 5.69 Å². The molecule has 3 aliphatic heterocycles. The van der Waals surface area contributed by atoms with Gasteiger partial charge in [-0.25, -0.2) is 0 Å². The Hall–Kier alpha value is -2.45. The molecule has 1 spiro atoms. The minimum Gasteiger partial charge on any atom is -0.395 e. The summed E-state index contributed by atoms with van der Waals surface area (Å²) in [6.07, 6.45) is 1.73. The molecule has 8 nitrogen and oxygen atoms in total. The zero-order chi connectivity index (χ0) is 22.6. The van der Waals surface area contributed by atoms with Gasteiger partial charge >= 0.3 is 0 Å². The van der Waals surface area contributed by atoms with Crippen molar-refractivity contribution in [2.24, 2.45) is 11.8 Å². The first-order chi connectivity index (χ1) is 14.7. The number of benzene rings is 1. The number of hydrogen-bond acceptors (Lipinski definition) is 5. The van der Waals surface area contributed by atoms with Gasteiger partial charge < -0.3 is 25.4 Å². The fourth-order valence-electron chi connectivity index (χ4n) is 5.99. The Morgan fingerprint density at radius 1 is 1.26 bits per heavy atom. The molecule has 1 aromatic carbocycles. The van der Waals surface area contributed by atoms with E-state index in [0.717, 1.165) is 11.1 Å². The van der Waals surface area contributed by atoms with E-state index in [9.17, 15) is 19.5 Å². The van der Waals surface area contributed by atoms with Crippen molar-refractivity contribution in [3.63, 3.8) is 0 Å². The Bertz CT molecular complexity index is 934. The lowest BCUT2D eigenvalue weighted by Crippen LogP contribution is -2.53. The van der Waals surface area contributed by atoms with Crippen LogP contribution in [0.2, 0.25) is 0 Å². The number of amides is 3. The lowest BCUT2D eigenvalue weighted by Gasteiger charge is -2.33. The number of rotatable bonds is 6. The smallest absolute Gasteiger partial charge is 0.250 e. The summed E-state index contributed by atoms with van der Waals surface area (Å²) < 4.78 is 6.56. The summed E-state index contributed by atoms with van der Waals surface area (Å²) in [5.74, 6) is -2.26. The third-order valence-electron chi connectivity index (χ3n) is 7.45. The fourth-order valence-corrected chi connectivity index (χ4v) is 5.99. The van der Waals surface area contributed by atoms with Crippen molar-refractivity contribution in [3.8, 4) is 0 Å². The van der Waals surface area contributed by atoms with Crippen LogP contribution in [0, 0.1) is 25.7 Å². The zero-order valence-electron chi connectivity index (χ0n) is 18.5. The number of fused-ring (bicyclic) bond motifs is 1. The Labute approximate surface area is 182 Å². The Morgan fingerprint density at radius 3 is 2.65 bits per heavy atom. The number of carbonyl (C=O) groups excluding carboxylic acids is 3. The molecule has 5 atom stereocenters. The lowest BCUT2D eigenvalue weighted by molar-refractivity contribution is -0.146. The number of aliphatic hydroxyl groups is 1. The summed E-state index contributed by atoms with van der Waals surface area (Å²) >= 11 is 0. The number of nitrogens with zero attached hydrogens (tertiary/aromatic N) is 1. The predicted octanol–water partition coefficient (Wildman–Crippen LogP) is 1.14. The summed E-state index contributed by atoms with van der Waals surface area (Å²) in [5, 5.41) is 15.3. The summed E-state index contributed by atoms with van der Waals surface area (Å²) in [6.45, 7) is 5.56. The van der Waals surface area contributed by atoms with Crippen molar-refractivity contribution in [2.75, 3.05) is 25.5 Å². The van der Waals surface area contributed by atoms with Crippen LogP contribution < -0.4 is 10.6 Å². The van der Waals surface area contributed by atoms with Crippen LogP contribution in [-0.4, -0.2) is 65.2 Å². The van der Waals surface area contributed by atoms with Crippen molar-refractivity contribution in [3.05, 3.63) is 29.3 Å². The second-order valence-corrected chi connectivity index (χ2v) is 9.01. The standard InChI is InChI=1S/C23H31N3O5/c1-5-22-8-9-23(31-22)17(16(22)19(28)24-4)21(30)26(10-11-27)18(23)20(29)25-15-12-13(2)6-7-14(15)3/h6-7,12,16-18,27H,5,8-11H2,1-4H3,(H,24,28)(H,25,29)/t16-,17-,18?,22+,23?/m0/s1. The molecule has 0 aliphatic carbocycles. The van der Waals surface area contributed by atoms with Gasteiger partial charge in [0.25, 0.3) is 0 Å². The third kappa shape index (κ3) is 2.99. The maximum atomic E-state index is 13.6. The summed E-state index contributed by atoms with van der Waals surface area (Å²) in [7, 11) is 1.56. The highest BCUT2D eigenvalue weighted by atomic mass is 16.5. The topological polar surface area (TPSA) is 108 Å². The number of β-amino-alcohol motifs (C(OH)–C–C–N with tert-alkyl or cyclic N) is 1. The molecule has 3 amide bonds. The van der Waals surface area contributed by atoms with Crippen molar-refractivity contribution in [1.29, 1.82) is 0 Å². The quantitative estimate of drug-likeness (QED) is 0.628. The average molecular weight is 430 g/mol. The average Bonchev–Trinajstić information content (AvgIpc) is 3.34. The van der Waals surface area contributed by atoms with Crippen LogP contribution in [0.1, 0.15) is 37.3 Å². The fraction of sp³-hybridized carbons (Fsp3) is 0.609. The molecule has 2 bridgehead atoms. The van der Waals surface area contributed by atoms with Gasteiger partial charge in [-0.05, 0) is 50.3 Å². The zero-order valence-corrected chi connectivity index (χ0v) is 18.5. The van der Waals surface area contributed by atoms with Crippen LogP contribution in [-0.2, 0) is 19.1 Å². The van der Waals surface area contributed by atoms with Crippen molar-refractivity contribution < 1.29 is 24.2 Å². The Kier molecular flexibility index (Phi) is 5.34. The molecular formula is C23H31N3O5. The molecule has 0 saturated carbocycles. The summed E-state index contributed by atoms with van der Waals surface area (Å²) in [4.78, 5) is 41.4. The second-order valence-electron chi connectivity index (χ2n) is 9.01. The highest BCUT2D eigenvalue weighted by molar-refractivity contribution is 6.04. The first-order valence-corrected chi connectivity index (χ1v) is 11.0. The largest absolute Gasteiger partial charge is 0.395 e. The molecule has 3 heterocycles. The SMILES string of the molecule is CC[C@]12CCC3(O1)C(C(=O)Nc1cc(C)ccc1C)N(CCO)C(=O)[C@@H]3[C@H]2C(=O)NC. The van der Waals surface area contributed by atoms with Gasteiger partial charge in [-0.1, -0.05) is 19.1 Å². The Balaban J connectivity index is 1.76. The maximum absolute atomic E-state index is 13.6. The van der Waals surface area contributed by atoms with Crippen LogP contribution in [0.3, 0.4) is 0 Å². The second kappa shape index (κ2) is 7.60. The van der Waals surface area contributed by atoms with E-state index in [0.29, 0.717) is 24.9 Å². The number of ether oxygens (including phenoxy) is 1. The highest BCUT2D eigenvalue weighted by Crippen LogP contribution is 2.64. The molecule has 3 saturated heterocycles. The van der Waals surface area contributed by atoms with Gasteiger partial charge in [0.1, 0.15) is 11.6 Å². The molecule has 0 aromatic heterocycles. The van der Waals surface area contributed by atoms with E-state index in [4.69, 9.17) is 4.74 Å². The van der Waals surface area contributed by atoms with Gasteiger partial charge in [0.05, 0.1) is 24.0 Å². The van der Waals surface area contributed by atoms with Gasteiger partial charge in [-0.15, -0.1) is 0 Å². The third-order valence-corrected chi connectivity index (χ3v) is 7.45. The lowest BCUT2D eigenvalue weighted by atomic mass is 9.65. The van der Waals surface area contributed by atoms with Crippen molar-refractivity contribution in [1.82, 2.24) is 10.2 Å². The Morgan fingerprint density at radius 2 is 2.00 bits per heavy atom. The first-order valence-electron chi connectivity index (χ1n) is 11.0. The number of aryl methyl sites for hydroxylation is 2. The van der Waals surface area contributed by atoms with Crippen LogP contribution in [0.15, 0.2) is 18.2 Å². The van der Waals surface area contributed by atoms with Gasteiger partial charge in [0, 0.05) is 19.3 Å². The first kappa shape index (κ1) is 21.8.